The summed E-state index contributed by atoms with van der Waals surface area (Å²) in [5, 5.41) is 0. The Morgan fingerprint density at radius 3 is 2.82 bits per heavy atom. The van der Waals surface area contributed by atoms with E-state index in [0.717, 1.165) is 10.4 Å². The van der Waals surface area contributed by atoms with Crippen molar-refractivity contribution in [1.29, 1.82) is 0 Å². The maximum Gasteiger partial charge on any atom is 0.243 e. The molecule has 4 nitrogen and oxygen atoms in total. The fraction of sp³-hybridized carbons (Fsp3) is 0.273. The van der Waals surface area contributed by atoms with E-state index in [2.05, 4.69) is 0 Å². The smallest absolute Gasteiger partial charge is 0.243 e. The molecule has 2 rings (SSSR count). The average Bonchev–Trinajstić information content (AvgIpc) is 2.77. The van der Waals surface area contributed by atoms with Crippen molar-refractivity contribution in [1.82, 2.24) is 4.31 Å². The van der Waals surface area contributed by atoms with Crippen molar-refractivity contribution < 1.29 is 17.6 Å². The van der Waals surface area contributed by atoms with E-state index in [0.29, 0.717) is 12.7 Å². The molecule has 1 aliphatic heterocycles. The SMILES string of the molecule is O=C[C@@H]1C[CH]CN1S(=O)(=O)c1cccc(F)c1. The van der Waals surface area contributed by atoms with Crippen LogP contribution in [-0.4, -0.2) is 31.6 Å². The van der Waals surface area contributed by atoms with Crippen molar-refractivity contribution in [3.05, 3.63) is 36.5 Å². The molecule has 0 bridgehead atoms. The Labute approximate surface area is 99.1 Å². The second kappa shape index (κ2) is 4.54. The third kappa shape index (κ3) is 2.23. The molecule has 1 saturated heterocycles. The standard InChI is InChI=1S/C11H11FNO3S/c12-9-3-1-5-11(7-9)17(15,16)13-6-2-4-10(13)8-14/h1-3,5,7-8,10H,4,6H2/t10-/m0/s1. The van der Waals surface area contributed by atoms with E-state index >= 15 is 0 Å². The fourth-order valence-electron chi connectivity index (χ4n) is 1.79. The third-order valence-electron chi connectivity index (χ3n) is 2.65. The molecule has 6 heteroatoms. The molecule has 0 N–H and O–H groups in total. The lowest BCUT2D eigenvalue weighted by molar-refractivity contribution is -0.110. The highest BCUT2D eigenvalue weighted by Gasteiger charge is 2.35. The number of rotatable bonds is 3. The van der Waals surface area contributed by atoms with Gasteiger partial charge in [-0.2, -0.15) is 4.31 Å². The van der Waals surface area contributed by atoms with Crippen molar-refractivity contribution in [2.75, 3.05) is 6.54 Å². The molecule has 0 spiro atoms. The summed E-state index contributed by atoms with van der Waals surface area (Å²) in [6.07, 6.45) is 2.72. The van der Waals surface area contributed by atoms with Gasteiger partial charge in [0.15, 0.2) is 0 Å². The highest BCUT2D eigenvalue weighted by Crippen LogP contribution is 2.24. The molecule has 0 aromatic heterocycles. The first-order valence-electron chi connectivity index (χ1n) is 5.10. The average molecular weight is 256 g/mol. The molecular weight excluding hydrogens is 245 g/mol. The van der Waals surface area contributed by atoms with Crippen LogP contribution in [0.2, 0.25) is 0 Å². The van der Waals surface area contributed by atoms with Crippen molar-refractivity contribution in [3.63, 3.8) is 0 Å². The van der Waals surface area contributed by atoms with Crippen molar-refractivity contribution in [2.24, 2.45) is 0 Å². The number of halogens is 1. The maximum absolute atomic E-state index is 13.0. The zero-order valence-corrected chi connectivity index (χ0v) is 9.73. The van der Waals surface area contributed by atoms with Crippen LogP contribution in [0.1, 0.15) is 6.42 Å². The van der Waals surface area contributed by atoms with E-state index in [-0.39, 0.29) is 11.4 Å². The molecule has 0 saturated carbocycles. The van der Waals surface area contributed by atoms with Crippen LogP contribution in [0.5, 0.6) is 0 Å². The van der Waals surface area contributed by atoms with Crippen molar-refractivity contribution in [3.8, 4) is 0 Å². The molecule has 1 aromatic rings. The van der Waals surface area contributed by atoms with Gasteiger partial charge in [-0.25, -0.2) is 12.8 Å². The van der Waals surface area contributed by atoms with E-state index in [9.17, 15) is 17.6 Å². The summed E-state index contributed by atoms with van der Waals surface area (Å²) in [6, 6.07) is 4.10. The second-order valence-corrected chi connectivity index (χ2v) is 5.65. The zero-order valence-electron chi connectivity index (χ0n) is 8.91. The normalized spacial score (nSPS) is 21.6. The largest absolute Gasteiger partial charge is 0.302 e. The molecule has 1 fully saturated rings. The van der Waals surface area contributed by atoms with Crippen molar-refractivity contribution in [2.45, 2.75) is 17.4 Å². The molecule has 0 aliphatic carbocycles. The molecule has 1 aromatic carbocycles. The quantitative estimate of drug-likeness (QED) is 0.758. The van der Waals surface area contributed by atoms with Gasteiger partial charge in [0.25, 0.3) is 0 Å². The lowest BCUT2D eigenvalue weighted by atomic mass is 10.2. The number of nitrogens with zero attached hydrogens (tertiary/aromatic N) is 1. The van der Waals surface area contributed by atoms with Crippen LogP contribution < -0.4 is 0 Å². The minimum atomic E-state index is -3.79. The summed E-state index contributed by atoms with van der Waals surface area (Å²) in [7, 11) is -3.79. The summed E-state index contributed by atoms with van der Waals surface area (Å²) < 4.78 is 38.4. The predicted molar refractivity (Wildman–Crippen MR) is 59.1 cm³/mol. The molecule has 1 atom stereocenters. The topological polar surface area (TPSA) is 54.5 Å². The minimum Gasteiger partial charge on any atom is -0.302 e. The number of hydrogen-bond acceptors (Lipinski definition) is 3. The highest BCUT2D eigenvalue weighted by atomic mass is 32.2. The molecule has 0 unspecified atom stereocenters. The number of benzene rings is 1. The van der Waals surface area contributed by atoms with Gasteiger partial charge in [-0.15, -0.1) is 0 Å². The van der Waals surface area contributed by atoms with Crippen LogP contribution in [0.3, 0.4) is 0 Å². The maximum atomic E-state index is 13.0. The van der Waals surface area contributed by atoms with Crippen molar-refractivity contribution >= 4 is 16.3 Å². The zero-order chi connectivity index (χ0) is 12.5. The van der Waals surface area contributed by atoms with Crippen LogP contribution >= 0.6 is 0 Å². The number of aldehydes is 1. The Balaban J connectivity index is 2.39. The molecule has 1 heterocycles. The minimum absolute atomic E-state index is 0.125. The van der Waals surface area contributed by atoms with Gasteiger partial charge >= 0.3 is 0 Å². The van der Waals surface area contributed by atoms with Crippen LogP contribution in [0.4, 0.5) is 4.39 Å². The lowest BCUT2D eigenvalue weighted by Crippen LogP contribution is -2.36. The van der Waals surface area contributed by atoms with Crippen LogP contribution in [-0.2, 0) is 14.8 Å². The molecule has 0 amide bonds. The Hall–Kier alpha value is -1.27. The first kappa shape index (κ1) is 12.2. The van der Waals surface area contributed by atoms with E-state index in [1.807, 2.05) is 0 Å². The lowest BCUT2D eigenvalue weighted by Gasteiger charge is -2.19. The Bertz CT molecular complexity index is 529. The molecular formula is C11H11FNO3S. The van der Waals surface area contributed by atoms with Crippen LogP contribution in [0, 0.1) is 12.2 Å². The predicted octanol–water partition coefficient (Wildman–Crippen LogP) is 0.992. The van der Waals surface area contributed by atoms with Gasteiger partial charge in [0.2, 0.25) is 10.0 Å². The van der Waals surface area contributed by atoms with Gasteiger partial charge in [0.05, 0.1) is 10.9 Å². The first-order chi connectivity index (χ1) is 8.05. The first-order valence-corrected chi connectivity index (χ1v) is 6.54. The van der Waals surface area contributed by atoms with Gasteiger partial charge in [-0.1, -0.05) is 6.07 Å². The second-order valence-electron chi connectivity index (χ2n) is 3.76. The third-order valence-corrected chi connectivity index (χ3v) is 4.53. The van der Waals surface area contributed by atoms with Gasteiger partial charge in [-0.05, 0) is 31.0 Å². The van der Waals surface area contributed by atoms with E-state index < -0.39 is 21.9 Å². The summed E-state index contributed by atoms with van der Waals surface area (Å²) >= 11 is 0. The summed E-state index contributed by atoms with van der Waals surface area (Å²) in [5.41, 5.74) is 0. The van der Waals surface area contributed by atoms with E-state index in [4.69, 9.17) is 0 Å². The van der Waals surface area contributed by atoms with Gasteiger partial charge in [-0.3, -0.25) is 0 Å². The summed E-state index contributed by atoms with van der Waals surface area (Å²) in [5.74, 6) is -0.614. The Morgan fingerprint density at radius 1 is 1.41 bits per heavy atom. The monoisotopic (exact) mass is 256 g/mol. The summed E-state index contributed by atoms with van der Waals surface area (Å²) in [6.45, 7) is 0.183. The molecule has 1 radical (unpaired) electrons. The van der Waals surface area contributed by atoms with Crippen LogP contribution in [0.15, 0.2) is 29.2 Å². The number of carbonyl (C=O) groups excluding carboxylic acids is 1. The molecule has 91 valence electrons. The fourth-order valence-corrected chi connectivity index (χ4v) is 3.36. The summed E-state index contributed by atoms with van der Waals surface area (Å²) in [4.78, 5) is 10.6. The number of sulfonamides is 1. The van der Waals surface area contributed by atoms with Gasteiger partial charge in [0.1, 0.15) is 12.1 Å². The van der Waals surface area contributed by atoms with Crippen LogP contribution in [0.25, 0.3) is 0 Å². The number of hydrogen-bond donors (Lipinski definition) is 0. The Kier molecular flexibility index (Phi) is 3.26. The van der Waals surface area contributed by atoms with E-state index in [1.165, 1.54) is 18.2 Å². The number of carbonyl (C=O) groups is 1. The molecule has 1 aliphatic rings. The van der Waals surface area contributed by atoms with E-state index in [1.54, 1.807) is 6.42 Å². The highest BCUT2D eigenvalue weighted by molar-refractivity contribution is 7.89. The Morgan fingerprint density at radius 2 is 2.18 bits per heavy atom. The molecule has 17 heavy (non-hydrogen) atoms. The van der Waals surface area contributed by atoms with Gasteiger partial charge < -0.3 is 4.79 Å². The van der Waals surface area contributed by atoms with Gasteiger partial charge in [0, 0.05) is 6.54 Å².